The fraction of sp³-hybridized carbons (Fsp3) is 0.351. The standard InChI is InChI=1S/C37H40N8/c1-23(2)12-14-25-16-32-37(5,6)33-17-26(15-13-24(3)4)19-35(43-33)45-22-30(36(40-7)44-45)28-11-9-8-10-27(28)29(31(39)20-38)21-41-34(18-25)42-32/h8-11,16-19,21-24H,12-15,39H2,1-6H3. The average Bonchev–Trinajstić information content (AvgIpc) is 3.47. The van der Waals surface area contributed by atoms with Crippen LogP contribution in [-0.2, 0) is 18.3 Å². The van der Waals surface area contributed by atoms with Gasteiger partial charge in [-0.15, -0.1) is 4.68 Å². The van der Waals surface area contributed by atoms with Crippen LogP contribution in [0.15, 0.2) is 65.4 Å². The maximum atomic E-state index is 9.90. The normalized spacial score (nSPS) is 14.7. The van der Waals surface area contributed by atoms with E-state index in [4.69, 9.17) is 32.4 Å². The van der Waals surface area contributed by atoms with Crippen LogP contribution in [0.2, 0.25) is 0 Å². The lowest BCUT2D eigenvalue weighted by atomic mass is 9.82. The predicted molar refractivity (Wildman–Crippen MR) is 181 cm³/mol. The van der Waals surface area contributed by atoms with Gasteiger partial charge in [-0.1, -0.05) is 58.5 Å². The number of nitrogens with zero attached hydrogens (tertiary/aromatic N) is 7. The van der Waals surface area contributed by atoms with E-state index in [9.17, 15) is 5.26 Å². The van der Waals surface area contributed by atoms with E-state index in [0.29, 0.717) is 40.2 Å². The molecule has 4 heterocycles. The second kappa shape index (κ2) is 12.9. The lowest BCUT2D eigenvalue weighted by Gasteiger charge is -2.26. The zero-order valence-electron chi connectivity index (χ0n) is 27.0. The molecule has 3 aromatic heterocycles. The van der Waals surface area contributed by atoms with Gasteiger partial charge in [0.25, 0.3) is 0 Å². The molecule has 8 heteroatoms. The first kappa shape index (κ1) is 31.3. The summed E-state index contributed by atoms with van der Waals surface area (Å²) in [5.41, 5.74) is 12.3. The number of pyridine rings is 2. The van der Waals surface area contributed by atoms with Gasteiger partial charge in [-0.3, -0.25) is 0 Å². The molecule has 8 nitrogen and oxygen atoms in total. The molecule has 0 amide bonds. The Bertz CT molecular complexity index is 1870. The van der Waals surface area contributed by atoms with Gasteiger partial charge < -0.3 is 10.6 Å². The van der Waals surface area contributed by atoms with Crippen LogP contribution in [-0.4, -0.2) is 26.0 Å². The smallest absolute Gasteiger partial charge is 0.303 e. The number of nitriles is 1. The van der Waals surface area contributed by atoms with Gasteiger partial charge in [0, 0.05) is 22.8 Å². The molecular formula is C37H40N8. The minimum Gasteiger partial charge on any atom is -0.390 e. The van der Waals surface area contributed by atoms with Crippen LogP contribution in [0.5, 0.6) is 0 Å². The molecular weight excluding hydrogens is 556 g/mol. The van der Waals surface area contributed by atoms with Crippen LogP contribution in [0, 0.1) is 29.7 Å². The average molecular weight is 597 g/mol. The molecule has 0 unspecified atom stereocenters. The van der Waals surface area contributed by atoms with Crippen LogP contribution >= 0.6 is 0 Å². The molecule has 228 valence electrons. The Kier molecular flexibility index (Phi) is 8.97. The number of nitrogens with two attached hydrogens (primary N) is 1. The molecule has 2 N–H and O–H groups in total. The zero-order valence-corrected chi connectivity index (χ0v) is 27.0. The zero-order chi connectivity index (χ0) is 32.3. The third-order valence-electron chi connectivity index (χ3n) is 8.32. The maximum Gasteiger partial charge on any atom is 0.303 e. The van der Waals surface area contributed by atoms with Crippen LogP contribution in [0.4, 0.5) is 11.6 Å². The number of aliphatic imine (C=N–C) groups is 1. The monoisotopic (exact) mass is 596 g/mol. The maximum absolute atomic E-state index is 9.90. The molecule has 0 aliphatic carbocycles. The van der Waals surface area contributed by atoms with Crippen molar-refractivity contribution in [3.8, 4) is 23.0 Å². The van der Waals surface area contributed by atoms with Crippen LogP contribution in [0.1, 0.15) is 82.5 Å². The number of allylic oxidation sites excluding steroid dienone is 2. The summed E-state index contributed by atoms with van der Waals surface area (Å²) in [5, 5.41) is 14.6. The Morgan fingerprint density at radius 1 is 0.933 bits per heavy atom. The second-order valence-electron chi connectivity index (χ2n) is 13.1. The van der Waals surface area contributed by atoms with Crippen LogP contribution < -0.4 is 5.73 Å². The first-order chi connectivity index (χ1) is 21.5. The number of hydrogen-bond donors (Lipinski definition) is 1. The Morgan fingerprint density at radius 2 is 1.56 bits per heavy atom. The van der Waals surface area contributed by atoms with Crippen molar-refractivity contribution < 1.29 is 0 Å². The van der Waals surface area contributed by atoms with Crippen LogP contribution in [0.3, 0.4) is 0 Å². The third kappa shape index (κ3) is 6.71. The lowest BCUT2D eigenvalue weighted by Crippen LogP contribution is -2.24. The summed E-state index contributed by atoms with van der Waals surface area (Å²) in [4.78, 5) is 18.8. The highest BCUT2D eigenvalue weighted by atomic mass is 15.3. The molecule has 0 atom stereocenters. The highest BCUT2D eigenvalue weighted by molar-refractivity contribution is 6.15. The molecule has 0 saturated heterocycles. The summed E-state index contributed by atoms with van der Waals surface area (Å²) in [5.74, 6) is 2.51. The Balaban J connectivity index is 1.85. The van der Waals surface area contributed by atoms with Gasteiger partial charge in [-0.05, 0) is 103 Å². The van der Waals surface area contributed by atoms with Gasteiger partial charge in [0.05, 0.1) is 17.6 Å². The van der Waals surface area contributed by atoms with Gasteiger partial charge >= 0.3 is 5.82 Å². The van der Waals surface area contributed by atoms with E-state index >= 15 is 0 Å². The van der Waals surface area contributed by atoms with E-state index < -0.39 is 5.41 Å². The molecule has 0 fully saturated rings. The summed E-state index contributed by atoms with van der Waals surface area (Å²) < 4.78 is 1.70. The summed E-state index contributed by atoms with van der Waals surface area (Å²) >= 11 is 0. The molecule has 1 aliphatic rings. The first-order valence-electron chi connectivity index (χ1n) is 15.5. The molecule has 0 radical (unpaired) electrons. The van der Waals surface area contributed by atoms with Crippen molar-refractivity contribution in [3.05, 3.63) is 99.9 Å². The summed E-state index contributed by atoms with van der Waals surface area (Å²) in [7, 11) is 0. The van der Waals surface area contributed by atoms with E-state index in [1.54, 1.807) is 10.9 Å². The molecule has 1 aliphatic heterocycles. The van der Waals surface area contributed by atoms with Crippen molar-refractivity contribution in [2.45, 2.75) is 72.6 Å². The summed E-state index contributed by atoms with van der Waals surface area (Å²) in [6.45, 7) is 21.1. The van der Waals surface area contributed by atoms with E-state index in [1.807, 2.05) is 36.5 Å². The minimum atomic E-state index is -0.577. The van der Waals surface area contributed by atoms with Gasteiger partial charge in [0.2, 0.25) is 0 Å². The van der Waals surface area contributed by atoms with Gasteiger partial charge in [0.15, 0.2) is 11.6 Å². The molecule has 45 heavy (non-hydrogen) atoms. The Labute approximate surface area is 266 Å². The van der Waals surface area contributed by atoms with Crippen LogP contribution in [0.25, 0.3) is 27.4 Å². The quantitative estimate of drug-likeness (QED) is 0.178. The largest absolute Gasteiger partial charge is 0.390 e. The SMILES string of the molecule is [C-]#[N+]c1nn2cc1-c1ccccc1C(=C(N)C#N)C=Nc1cc(CCC(C)C)cc(n1)C(C)(C)c1cc(CCC(C)C)cc-2n1. The van der Waals surface area contributed by atoms with Gasteiger partial charge in [-0.25, -0.2) is 15.0 Å². The third-order valence-corrected chi connectivity index (χ3v) is 8.32. The first-order valence-corrected chi connectivity index (χ1v) is 15.5. The molecule has 5 rings (SSSR count). The fourth-order valence-electron chi connectivity index (χ4n) is 5.48. The minimum absolute atomic E-state index is 0.0203. The highest BCUT2D eigenvalue weighted by Crippen LogP contribution is 2.38. The molecule has 0 spiro atoms. The number of aryl methyl sites for hydroxylation is 2. The Hall–Kier alpha value is -5.08. The van der Waals surface area contributed by atoms with Crippen molar-refractivity contribution >= 4 is 23.4 Å². The predicted octanol–water partition coefficient (Wildman–Crippen LogP) is 8.29. The second-order valence-corrected chi connectivity index (χ2v) is 13.1. The van der Waals surface area contributed by atoms with Crippen molar-refractivity contribution in [1.29, 1.82) is 5.26 Å². The summed E-state index contributed by atoms with van der Waals surface area (Å²) in [6, 6.07) is 18.1. The van der Waals surface area contributed by atoms with Crippen molar-refractivity contribution in [2.24, 2.45) is 22.6 Å². The number of benzene rings is 1. The number of aromatic nitrogens is 4. The fourth-order valence-corrected chi connectivity index (χ4v) is 5.48. The van der Waals surface area contributed by atoms with Crippen molar-refractivity contribution in [1.82, 2.24) is 19.7 Å². The van der Waals surface area contributed by atoms with E-state index in [-0.39, 0.29) is 11.5 Å². The molecule has 1 aromatic carbocycles. The summed E-state index contributed by atoms with van der Waals surface area (Å²) in [6.07, 6.45) is 7.31. The molecule has 6 bridgehead atoms. The lowest BCUT2D eigenvalue weighted by molar-refractivity contribution is 0.571. The number of rotatable bonds is 6. The van der Waals surface area contributed by atoms with Crippen molar-refractivity contribution in [3.63, 3.8) is 0 Å². The van der Waals surface area contributed by atoms with Gasteiger partial charge in [-0.2, -0.15) is 5.26 Å². The number of hydrogen-bond acceptors (Lipinski definition) is 6. The van der Waals surface area contributed by atoms with E-state index in [1.165, 1.54) is 0 Å². The Morgan fingerprint density at radius 3 is 2.18 bits per heavy atom. The van der Waals surface area contributed by atoms with E-state index in [2.05, 4.69) is 70.7 Å². The highest BCUT2D eigenvalue weighted by Gasteiger charge is 2.30. The number of fused-ring (bicyclic) bond motifs is 9. The topological polar surface area (TPSA) is 110 Å². The molecule has 4 aromatic rings. The van der Waals surface area contributed by atoms with Crippen molar-refractivity contribution in [2.75, 3.05) is 0 Å². The van der Waals surface area contributed by atoms with E-state index in [0.717, 1.165) is 53.8 Å². The van der Waals surface area contributed by atoms with Gasteiger partial charge in [0.1, 0.15) is 11.8 Å². The molecule has 0 saturated carbocycles.